The molecule has 0 aliphatic rings. The van der Waals surface area contributed by atoms with E-state index in [9.17, 15) is 13.2 Å². The topological polar surface area (TPSA) is 87.8 Å². The zero-order valence-corrected chi connectivity index (χ0v) is 11.4. The molecule has 0 aliphatic heterocycles. The Balaban J connectivity index is 3.08. The molecule has 0 bridgehead atoms. The summed E-state index contributed by atoms with van der Waals surface area (Å²) < 4.78 is 30.4. The lowest BCUT2D eigenvalue weighted by molar-refractivity contribution is 0.0656. The molecule has 18 heavy (non-hydrogen) atoms. The first-order valence-electron chi connectivity index (χ1n) is 5.65. The van der Waals surface area contributed by atoms with Crippen LogP contribution in [0.2, 0.25) is 0 Å². The van der Waals surface area contributed by atoms with Crippen LogP contribution in [-0.2, 0) is 10.0 Å². The predicted molar refractivity (Wildman–Crippen MR) is 65.0 cm³/mol. The molecule has 0 radical (unpaired) electrons. The molecule has 0 amide bonds. The van der Waals surface area contributed by atoms with Crippen molar-refractivity contribution in [1.82, 2.24) is 4.31 Å². The molecule has 7 heteroatoms. The molecule has 0 saturated heterocycles. The Bertz CT molecular complexity index is 515. The first-order chi connectivity index (χ1) is 8.34. The zero-order valence-electron chi connectivity index (χ0n) is 10.6. The number of rotatable bonds is 6. The molecule has 0 aromatic carbocycles. The highest BCUT2D eigenvalue weighted by Crippen LogP contribution is 2.21. The molecule has 1 aromatic heterocycles. The fourth-order valence-electron chi connectivity index (χ4n) is 1.71. The Morgan fingerprint density at radius 1 is 1.39 bits per heavy atom. The Morgan fingerprint density at radius 3 is 2.33 bits per heavy atom. The van der Waals surface area contributed by atoms with Crippen molar-refractivity contribution in [2.75, 3.05) is 7.05 Å². The van der Waals surface area contributed by atoms with Gasteiger partial charge >= 0.3 is 5.97 Å². The molecule has 6 nitrogen and oxygen atoms in total. The zero-order chi connectivity index (χ0) is 13.9. The largest absolute Gasteiger partial charge is 0.475 e. The van der Waals surface area contributed by atoms with Gasteiger partial charge in [-0.3, -0.25) is 0 Å². The van der Waals surface area contributed by atoms with Crippen molar-refractivity contribution in [3.8, 4) is 0 Å². The van der Waals surface area contributed by atoms with Crippen molar-refractivity contribution in [1.29, 1.82) is 0 Å². The Labute approximate surface area is 106 Å². The van der Waals surface area contributed by atoms with Crippen LogP contribution in [0.5, 0.6) is 0 Å². The van der Waals surface area contributed by atoms with Gasteiger partial charge in [0.2, 0.25) is 10.9 Å². The van der Waals surface area contributed by atoms with Crippen LogP contribution in [0.1, 0.15) is 37.2 Å². The van der Waals surface area contributed by atoms with Gasteiger partial charge in [0.25, 0.3) is 10.0 Å². The maximum absolute atomic E-state index is 12.2. The standard InChI is InChI=1S/C11H17NO5S/c1-4-8(5-2)12(3)18(15,16)10-7-6-9(17-10)11(13)14/h6-8H,4-5H2,1-3H3,(H,13,14). The van der Waals surface area contributed by atoms with Gasteiger partial charge in [0.1, 0.15) is 0 Å². The Kier molecular flexibility index (Phi) is 4.53. The van der Waals surface area contributed by atoms with Gasteiger partial charge in [0.15, 0.2) is 0 Å². The van der Waals surface area contributed by atoms with Crippen LogP contribution in [0.3, 0.4) is 0 Å². The fourth-order valence-corrected chi connectivity index (χ4v) is 3.12. The molecule has 1 heterocycles. The molecule has 0 saturated carbocycles. The highest BCUT2D eigenvalue weighted by Gasteiger charge is 2.29. The van der Waals surface area contributed by atoms with Crippen LogP contribution >= 0.6 is 0 Å². The van der Waals surface area contributed by atoms with Crippen LogP contribution in [0.4, 0.5) is 0 Å². The van der Waals surface area contributed by atoms with E-state index in [-0.39, 0.29) is 16.9 Å². The summed E-state index contributed by atoms with van der Waals surface area (Å²) in [4.78, 5) is 10.7. The summed E-state index contributed by atoms with van der Waals surface area (Å²) >= 11 is 0. The van der Waals surface area contributed by atoms with Crippen LogP contribution in [-0.4, -0.2) is 36.9 Å². The van der Waals surface area contributed by atoms with E-state index in [1.807, 2.05) is 13.8 Å². The number of furan rings is 1. The summed E-state index contributed by atoms with van der Waals surface area (Å²) in [6.45, 7) is 3.79. The van der Waals surface area contributed by atoms with E-state index < -0.39 is 16.0 Å². The molecule has 1 rings (SSSR count). The van der Waals surface area contributed by atoms with E-state index in [0.29, 0.717) is 12.8 Å². The van der Waals surface area contributed by atoms with Gasteiger partial charge in [-0.15, -0.1) is 0 Å². The van der Waals surface area contributed by atoms with E-state index in [4.69, 9.17) is 9.52 Å². The van der Waals surface area contributed by atoms with Gasteiger partial charge in [0.05, 0.1) is 0 Å². The number of aromatic carboxylic acids is 1. The fraction of sp³-hybridized carbons (Fsp3) is 0.545. The monoisotopic (exact) mass is 275 g/mol. The SMILES string of the molecule is CCC(CC)N(C)S(=O)(=O)c1ccc(C(=O)O)o1. The number of carboxylic acid groups (broad SMARTS) is 1. The lowest BCUT2D eigenvalue weighted by atomic mass is 10.2. The Morgan fingerprint density at radius 2 is 1.94 bits per heavy atom. The number of sulfonamides is 1. The minimum Gasteiger partial charge on any atom is -0.475 e. The lowest BCUT2D eigenvalue weighted by Crippen LogP contribution is -2.36. The molecular formula is C11H17NO5S. The van der Waals surface area contributed by atoms with Crippen molar-refractivity contribution < 1.29 is 22.7 Å². The third-order valence-corrected chi connectivity index (χ3v) is 4.67. The van der Waals surface area contributed by atoms with Crippen molar-refractivity contribution in [2.45, 2.75) is 37.8 Å². The number of nitrogens with zero attached hydrogens (tertiary/aromatic N) is 1. The van der Waals surface area contributed by atoms with Gasteiger partial charge < -0.3 is 9.52 Å². The number of carboxylic acids is 1. The van der Waals surface area contributed by atoms with Crippen LogP contribution in [0.15, 0.2) is 21.6 Å². The summed E-state index contributed by atoms with van der Waals surface area (Å²) in [6, 6.07) is 2.17. The van der Waals surface area contributed by atoms with Crippen LogP contribution < -0.4 is 0 Å². The molecule has 1 N–H and O–H groups in total. The molecule has 0 unspecified atom stereocenters. The molecular weight excluding hydrogens is 258 g/mol. The molecule has 0 atom stereocenters. The van der Waals surface area contributed by atoms with Gasteiger partial charge in [-0.2, -0.15) is 4.31 Å². The molecule has 102 valence electrons. The van der Waals surface area contributed by atoms with Crippen molar-refractivity contribution in [3.63, 3.8) is 0 Å². The average Bonchev–Trinajstić information content (AvgIpc) is 2.80. The normalized spacial score (nSPS) is 12.3. The van der Waals surface area contributed by atoms with E-state index in [1.54, 1.807) is 0 Å². The van der Waals surface area contributed by atoms with Gasteiger partial charge in [-0.25, -0.2) is 13.2 Å². The molecule has 0 spiro atoms. The second kappa shape index (κ2) is 5.53. The number of carbonyl (C=O) groups is 1. The minimum atomic E-state index is -3.77. The van der Waals surface area contributed by atoms with Gasteiger partial charge in [-0.1, -0.05) is 13.8 Å². The lowest BCUT2D eigenvalue weighted by Gasteiger charge is -2.24. The molecule has 1 aromatic rings. The molecule has 0 aliphatic carbocycles. The second-order valence-corrected chi connectivity index (χ2v) is 5.84. The number of hydrogen-bond acceptors (Lipinski definition) is 4. The van der Waals surface area contributed by atoms with Crippen LogP contribution in [0.25, 0.3) is 0 Å². The minimum absolute atomic E-state index is 0.131. The third-order valence-electron chi connectivity index (χ3n) is 2.88. The average molecular weight is 275 g/mol. The maximum atomic E-state index is 12.2. The highest BCUT2D eigenvalue weighted by atomic mass is 32.2. The van der Waals surface area contributed by atoms with Gasteiger partial charge in [-0.05, 0) is 25.0 Å². The third kappa shape index (κ3) is 2.73. The van der Waals surface area contributed by atoms with Crippen molar-refractivity contribution in [3.05, 3.63) is 17.9 Å². The second-order valence-electron chi connectivity index (χ2n) is 3.92. The highest BCUT2D eigenvalue weighted by molar-refractivity contribution is 7.89. The van der Waals surface area contributed by atoms with Gasteiger partial charge in [0, 0.05) is 13.1 Å². The quantitative estimate of drug-likeness (QED) is 0.855. The van der Waals surface area contributed by atoms with Crippen LogP contribution in [0, 0.1) is 0 Å². The Hall–Kier alpha value is -1.34. The summed E-state index contributed by atoms with van der Waals surface area (Å²) in [5, 5.41) is 8.36. The summed E-state index contributed by atoms with van der Waals surface area (Å²) in [5.41, 5.74) is 0. The summed E-state index contributed by atoms with van der Waals surface area (Å²) in [6.07, 6.45) is 1.36. The summed E-state index contributed by atoms with van der Waals surface area (Å²) in [5.74, 6) is -1.67. The summed E-state index contributed by atoms with van der Waals surface area (Å²) in [7, 11) is -2.30. The smallest absolute Gasteiger partial charge is 0.371 e. The predicted octanol–water partition coefficient (Wildman–Crippen LogP) is 1.79. The van der Waals surface area contributed by atoms with E-state index in [1.165, 1.54) is 11.4 Å². The van der Waals surface area contributed by atoms with E-state index >= 15 is 0 Å². The maximum Gasteiger partial charge on any atom is 0.371 e. The first kappa shape index (κ1) is 14.7. The van der Waals surface area contributed by atoms with E-state index in [0.717, 1.165) is 12.1 Å². The molecule has 0 fully saturated rings. The van der Waals surface area contributed by atoms with Crippen molar-refractivity contribution in [2.24, 2.45) is 0 Å². The first-order valence-corrected chi connectivity index (χ1v) is 7.09. The van der Waals surface area contributed by atoms with Crippen molar-refractivity contribution >= 4 is 16.0 Å². The number of hydrogen-bond donors (Lipinski definition) is 1. The van der Waals surface area contributed by atoms with E-state index in [2.05, 4.69) is 0 Å².